The van der Waals surface area contributed by atoms with Crippen LogP contribution in [0, 0.1) is 13.8 Å². The summed E-state index contributed by atoms with van der Waals surface area (Å²) in [6, 6.07) is 13.6. The minimum atomic E-state index is -0.0238. The Morgan fingerprint density at radius 3 is 2.65 bits per heavy atom. The summed E-state index contributed by atoms with van der Waals surface area (Å²) in [5, 5.41) is 2.91. The number of para-hydroxylation sites is 1. The van der Waals surface area contributed by atoms with Gasteiger partial charge in [0.05, 0.1) is 5.75 Å². The van der Waals surface area contributed by atoms with Gasteiger partial charge in [-0.1, -0.05) is 24.3 Å². The molecule has 0 atom stereocenters. The van der Waals surface area contributed by atoms with E-state index < -0.39 is 0 Å². The van der Waals surface area contributed by atoms with Crippen LogP contribution < -0.4 is 11.1 Å². The summed E-state index contributed by atoms with van der Waals surface area (Å²) in [7, 11) is 0. The van der Waals surface area contributed by atoms with Gasteiger partial charge in [-0.15, -0.1) is 11.8 Å². The third-order valence-electron chi connectivity index (χ3n) is 2.94. The van der Waals surface area contributed by atoms with Crippen LogP contribution in [0.1, 0.15) is 11.1 Å². The molecule has 3 N–H and O–H groups in total. The van der Waals surface area contributed by atoms with E-state index in [1.165, 1.54) is 11.8 Å². The lowest BCUT2D eigenvalue weighted by Crippen LogP contribution is -2.14. The number of nitrogens with one attached hydrogen (secondary N) is 1. The SMILES string of the molecule is Cc1ccc(SCC(=O)Nc2ccccc2C)c(N)c1. The van der Waals surface area contributed by atoms with Crippen molar-refractivity contribution in [1.82, 2.24) is 0 Å². The van der Waals surface area contributed by atoms with Crippen molar-refractivity contribution in [3.63, 3.8) is 0 Å². The van der Waals surface area contributed by atoms with Crippen molar-refractivity contribution in [3.8, 4) is 0 Å². The summed E-state index contributed by atoms with van der Waals surface area (Å²) in [6.07, 6.45) is 0. The van der Waals surface area contributed by atoms with Gasteiger partial charge in [-0.3, -0.25) is 4.79 Å². The van der Waals surface area contributed by atoms with E-state index in [2.05, 4.69) is 5.32 Å². The average molecular weight is 286 g/mol. The van der Waals surface area contributed by atoms with Crippen LogP contribution in [0.5, 0.6) is 0 Å². The zero-order valence-corrected chi connectivity index (χ0v) is 12.5. The highest BCUT2D eigenvalue weighted by Gasteiger charge is 2.07. The molecule has 20 heavy (non-hydrogen) atoms. The Labute approximate surface area is 123 Å². The highest BCUT2D eigenvalue weighted by atomic mass is 32.2. The molecule has 0 saturated carbocycles. The molecule has 0 aliphatic rings. The van der Waals surface area contributed by atoms with Crippen molar-refractivity contribution in [2.75, 3.05) is 16.8 Å². The second-order valence-corrected chi connectivity index (χ2v) is 5.71. The van der Waals surface area contributed by atoms with Gasteiger partial charge in [-0.05, 0) is 43.2 Å². The van der Waals surface area contributed by atoms with Crippen LogP contribution in [-0.2, 0) is 4.79 Å². The molecule has 0 radical (unpaired) electrons. The van der Waals surface area contributed by atoms with E-state index in [0.29, 0.717) is 5.75 Å². The third-order valence-corrected chi connectivity index (χ3v) is 4.03. The monoisotopic (exact) mass is 286 g/mol. The smallest absolute Gasteiger partial charge is 0.234 e. The average Bonchev–Trinajstić information content (AvgIpc) is 2.40. The number of rotatable bonds is 4. The maximum atomic E-state index is 11.9. The van der Waals surface area contributed by atoms with Gasteiger partial charge in [0.2, 0.25) is 5.91 Å². The molecule has 0 heterocycles. The Morgan fingerprint density at radius 1 is 1.20 bits per heavy atom. The van der Waals surface area contributed by atoms with Crippen molar-refractivity contribution in [1.29, 1.82) is 0 Å². The number of nitrogen functional groups attached to an aromatic ring is 1. The summed E-state index contributed by atoms with van der Waals surface area (Å²) in [5.74, 6) is 0.325. The Hall–Kier alpha value is -1.94. The molecule has 104 valence electrons. The fourth-order valence-electron chi connectivity index (χ4n) is 1.84. The van der Waals surface area contributed by atoms with Crippen molar-refractivity contribution >= 4 is 29.0 Å². The molecule has 0 aliphatic carbocycles. The maximum absolute atomic E-state index is 11.9. The van der Waals surface area contributed by atoms with E-state index in [9.17, 15) is 4.79 Å². The minimum absolute atomic E-state index is 0.0238. The highest BCUT2D eigenvalue weighted by Crippen LogP contribution is 2.26. The summed E-state index contributed by atoms with van der Waals surface area (Å²) in [4.78, 5) is 12.9. The number of hydrogen-bond donors (Lipinski definition) is 2. The van der Waals surface area contributed by atoms with Gasteiger partial charge in [0.1, 0.15) is 0 Å². The lowest BCUT2D eigenvalue weighted by Gasteiger charge is -2.09. The van der Waals surface area contributed by atoms with Crippen LogP contribution in [0.15, 0.2) is 47.4 Å². The number of amides is 1. The Bertz CT molecular complexity index is 626. The summed E-state index contributed by atoms with van der Waals surface area (Å²) in [5.41, 5.74) is 9.69. The predicted molar refractivity (Wildman–Crippen MR) is 86.1 cm³/mol. The standard InChI is InChI=1S/C16H18N2OS/c1-11-7-8-15(13(17)9-11)20-10-16(19)18-14-6-4-3-5-12(14)2/h3-9H,10,17H2,1-2H3,(H,18,19). The molecule has 0 spiro atoms. The van der Waals surface area contributed by atoms with Gasteiger partial charge in [0.15, 0.2) is 0 Å². The molecule has 0 fully saturated rings. The van der Waals surface area contributed by atoms with Crippen LogP contribution in [0.2, 0.25) is 0 Å². The lowest BCUT2D eigenvalue weighted by atomic mass is 10.2. The van der Waals surface area contributed by atoms with Gasteiger partial charge in [-0.25, -0.2) is 0 Å². The fraction of sp³-hybridized carbons (Fsp3) is 0.188. The van der Waals surface area contributed by atoms with Crippen LogP contribution in [-0.4, -0.2) is 11.7 Å². The first-order valence-corrected chi connectivity index (χ1v) is 7.39. The second-order valence-electron chi connectivity index (χ2n) is 4.69. The molecule has 2 rings (SSSR count). The Morgan fingerprint density at radius 2 is 1.95 bits per heavy atom. The molecular weight excluding hydrogens is 268 g/mol. The van der Waals surface area contributed by atoms with Crippen molar-refractivity contribution in [3.05, 3.63) is 53.6 Å². The lowest BCUT2D eigenvalue weighted by molar-refractivity contribution is -0.113. The third kappa shape index (κ3) is 3.78. The van der Waals surface area contributed by atoms with Gasteiger partial charge >= 0.3 is 0 Å². The highest BCUT2D eigenvalue weighted by molar-refractivity contribution is 8.00. The normalized spacial score (nSPS) is 10.3. The second kappa shape index (κ2) is 6.48. The Balaban J connectivity index is 1.94. The van der Waals surface area contributed by atoms with Crippen LogP contribution in [0.4, 0.5) is 11.4 Å². The molecule has 0 saturated heterocycles. The number of nitrogens with two attached hydrogens (primary N) is 1. The minimum Gasteiger partial charge on any atom is -0.398 e. The molecule has 2 aromatic carbocycles. The van der Waals surface area contributed by atoms with Crippen LogP contribution in [0.3, 0.4) is 0 Å². The number of hydrogen-bond acceptors (Lipinski definition) is 3. The molecule has 2 aromatic rings. The van der Waals surface area contributed by atoms with Gasteiger partial charge < -0.3 is 11.1 Å². The first-order chi connectivity index (χ1) is 9.56. The number of carbonyl (C=O) groups excluding carboxylic acids is 1. The van der Waals surface area contributed by atoms with Gasteiger partial charge in [0, 0.05) is 16.3 Å². The van der Waals surface area contributed by atoms with E-state index >= 15 is 0 Å². The van der Waals surface area contributed by atoms with Crippen LogP contribution in [0.25, 0.3) is 0 Å². The molecule has 0 aliphatic heterocycles. The van der Waals surface area contributed by atoms with E-state index in [4.69, 9.17) is 5.73 Å². The van der Waals surface area contributed by atoms with Crippen molar-refractivity contribution < 1.29 is 4.79 Å². The molecule has 0 unspecified atom stereocenters. The van der Waals surface area contributed by atoms with E-state index in [-0.39, 0.29) is 5.91 Å². The number of carbonyl (C=O) groups is 1. The molecule has 1 amide bonds. The summed E-state index contributed by atoms with van der Waals surface area (Å²) >= 11 is 1.45. The first kappa shape index (κ1) is 14.5. The molecule has 0 bridgehead atoms. The molecule has 0 aromatic heterocycles. The quantitative estimate of drug-likeness (QED) is 0.667. The first-order valence-electron chi connectivity index (χ1n) is 6.40. The van der Waals surface area contributed by atoms with Gasteiger partial charge in [-0.2, -0.15) is 0 Å². The van der Waals surface area contributed by atoms with E-state index in [1.54, 1.807) is 0 Å². The zero-order valence-electron chi connectivity index (χ0n) is 11.6. The molecular formula is C16H18N2OS. The largest absolute Gasteiger partial charge is 0.398 e. The van der Waals surface area contributed by atoms with E-state index in [0.717, 1.165) is 27.4 Å². The van der Waals surface area contributed by atoms with Crippen molar-refractivity contribution in [2.45, 2.75) is 18.7 Å². The number of benzene rings is 2. The maximum Gasteiger partial charge on any atom is 0.234 e. The number of aryl methyl sites for hydroxylation is 2. The topological polar surface area (TPSA) is 55.1 Å². The molecule has 4 heteroatoms. The van der Waals surface area contributed by atoms with E-state index in [1.807, 2.05) is 56.3 Å². The fourth-order valence-corrected chi connectivity index (χ4v) is 2.59. The summed E-state index contributed by atoms with van der Waals surface area (Å²) in [6.45, 7) is 3.97. The zero-order chi connectivity index (χ0) is 14.5. The summed E-state index contributed by atoms with van der Waals surface area (Å²) < 4.78 is 0. The number of anilines is 2. The number of thioether (sulfide) groups is 1. The molecule has 3 nitrogen and oxygen atoms in total. The van der Waals surface area contributed by atoms with Crippen LogP contribution >= 0.6 is 11.8 Å². The predicted octanol–water partition coefficient (Wildman–Crippen LogP) is 3.62. The van der Waals surface area contributed by atoms with Crippen molar-refractivity contribution in [2.24, 2.45) is 0 Å². The Kier molecular flexibility index (Phi) is 4.69. The van der Waals surface area contributed by atoms with Gasteiger partial charge in [0.25, 0.3) is 0 Å².